The number of carbonyl (C=O) groups excluding carboxylic acids is 1. The van der Waals surface area contributed by atoms with Crippen molar-refractivity contribution >= 4 is 35.1 Å². The molecule has 4 rings (SSSR count). The second kappa shape index (κ2) is 9.15. The zero-order chi connectivity index (χ0) is 22.8. The van der Waals surface area contributed by atoms with Gasteiger partial charge in [0.25, 0.3) is 0 Å². The maximum Gasteiger partial charge on any atom is 0.232 e. The van der Waals surface area contributed by atoms with Gasteiger partial charge in [0.15, 0.2) is 5.76 Å². The van der Waals surface area contributed by atoms with Gasteiger partial charge in [-0.05, 0) is 48.9 Å². The van der Waals surface area contributed by atoms with E-state index in [0.29, 0.717) is 44.2 Å². The predicted molar refractivity (Wildman–Crippen MR) is 124 cm³/mol. The van der Waals surface area contributed by atoms with Crippen molar-refractivity contribution in [1.82, 2.24) is 0 Å². The van der Waals surface area contributed by atoms with E-state index < -0.39 is 0 Å². The van der Waals surface area contributed by atoms with Gasteiger partial charge < -0.3 is 18.9 Å². The Balaban J connectivity index is 1.58. The fourth-order valence-corrected chi connectivity index (χ4v) is 3.90. The molecule has 0 unspecified atom stereocenters. The first-order chi connectivity index (χ1) is 15.4. The first kappa shape index (κ1) is 22.1. The summed E-state index contributed by atoms with van der Waals surface area (Å²) in [5, 5.41) is 1.09. The van der Waals surface area contributed by atoms with E-state index in [0.717, 1.165) is 11.1 Å². The summed E-state index contributed by atoms with van der Waals surface area (Å²) in [7, 11) is 3.14. The summed E-state index contributed by atoms with van der Waals surface area (Å²) >= 11 is 12.2. The number of halogens is 2. The van der Waals surface area contributed by atoms with E-state index >= 15 is 0 Å². The Morgan fingerprint density at radius 3 is 2.50 bits per heavy atom. The fourth-order valence-electron chi connectivity index (χ4n) is 3.44. The largest absolute Gasteiger partial charge is 0.497 e. The topological polar surface area (TPSA) is 54.0 Å². The van der Waals surface area contributed by atoms with Gasteiger partial charge in [0.05, 0.1) is 19.8 Å². The molecule has 0 aromatic heterocycles. The van der Waals surface area contributed by atoms with Gasteiger partial charge in [-0.25, -0.2) is 0 Å². The predicted octanol–water partition coefficient (Wildman–Crippen LogP) is 6.51. The highest BCUT2D eigenvalue weighted by Crippen LogP contribution is 2.39. The number of hydrogen-bond acceptors (Lipinski definition) is 5. The Bertz CT molecular complexity index is 1230. The normalized spacial score (nSPS) is 13.7. The zero-order valence-corrected chi connectivity index (χ0v) is 19.2. The molecule has 0 saturated carbocycles. The van der Waals surface area contributed by atoms with Crippen LogP contribution >= 0.6 is 23.2 Å². The molecule has 7 heteroatoms. The summed E-state index contributed by atoms with van der Waals surface area (Å²) in [6, 6.07) is 14.1. The molecule has 0 fully saturated rings. The van der Waals surface area contributed by atoms with Gasteiger partial charge in [-0.1, -0.05) is 29.3 Å². The standard InChI is InChI=1S/C25H20Cl2O5/c1-14-8-19(31-13-16-4-6-17(26)10-20(16)27)12-22-24(14)25(28)23(32-22)9-15-5-7-18(29-2)11-21(15)30-3/h4-12H,13H2,1-3H3/b23-9-. The molecule has 0 atom stereocenters. The van der Waals surface area contributed by atoms with Crippen LogP contribution in [0.2, 0.25) is 10.0 Å². The quantitative estimate of drug-likeness (QED) is 0.384. The average Bonchev–Trinajstić information content (AvgIpc) is 3.09. The summed E-state index contributed by atoms with van der Waals surface area (Å²) in [6.45, 7) is 2.10. The van der Waals surface area contributed by atoms with Gasteiger partial charge in [0.1, 0.15) is 29.6 Å². The SMILES string of the molecule is COc1ccc(/C=C2\Oc3cc(OCc4ccc(Cl)cc4Cl)cc(C)c3C2=O)c(OC)c1. The van der Waals surface area contributed by atoms with Crippen LogP contribution in [0.25, 0.3) is 6.08 Å². The second-order valence-electron chi connectivity index (χ2n) is 7.19. The van der Waals surface area contributed by atoms with Crippen molar-refractivity contribution in [3.63, 3.8) is 0 Å². The highest BCUT2D eigenvalue weighted by atomic mass is 35.5. The summed E-state index contributed by atoms with van der Waals surface area (Å²) in [5.74, 6) is 2.27. The summed E-state index contributed by atoms with van der Waals surface area (Å²) < 4.78 is 22.4. The Kier molecular flexibility index (Phi) is 6.31. The Labute approximate surface area is 196 Å². The third kappa shape index (κ3) is 4.40. The lowest BCUT2D eigenvalue weighted by Gasteiger charge is -2.10. The molecule has 1 aliphatic heterocycles. The third-order valence-electron chi connectivity index (χ3n) is 5.08. The second-order valence-corrected chi connectivity index (χ2v) is 8.03. The Morgan fingerprint density at radius 2 is 1.78 bits per heavy atom. The number of Topliss-reactive ketones (excluding diaryl/α,β-unsaturated/α-hetero) is 1. The molecule has 1 heterocycles. The number of aryl methyl sites for hydroxylation is 1. The van der Waals surface area contributed by atoms with Gasteiger partial charge in [-0.2, -0.15) is 0 Å². The highest BCUT2D eigenvalue weighted by molar-refractivity contribution is 6.35. The van der Waals surface area contributed by atoms with E-state index in [1.54, 1.807) is 56.7 Å². The molecule has 1 aliphatic rings. The summed E-state index contributed by atoms with van der Waals surface area (Å²) in [5.41, 5.74) is 2.78. The molecule has 0 N–H and O–H groups in total. The molecule has 0 aliphatic carbocycles. The first-order valence-corrected chi connectivity index (χ1v) is 10.5. The van der Waals surface area contributed by atoms with Gasteiger partial charge in [0.2, 0.25) is 5.78 Å². The van der Waals surface area contributed by atoms with Crippen molar-refractivity contribution in [3.05, 3.63) is 86.6 Å². The van der Waals surface area contributed by atoms with Crippen molar-refractivity contribution in [3.8, 4) is 23.0 Å². The van der Waals surface area contributed by atoms with Crippen LogP contribution in [0.3, 0.4) is 0 Å². The van der Waals surface area contributed by atoms with Crippen LogP contribution in [0.5, 0.6) is 23.0 Å². The molecular weight excluding hydrogens is 451 g/mol. The molecule has 5 nitrogen and oxygen atoms in total. The molecule has 0 bridgehead atoms. The number of ether oxygens (including phenoxy) is 4. The Hall–Kier alpha value is -3.15. The summed E-state index contributed by atoms with van der Waals surface area (Å²) in [6.07, 6.45) is 1.66. The molecule has 32 heavy (non-hydrogen) atoms. The van der Waals surface area contributed by atoms with E-state index in [4.69, 9.17) is 42.1 Å². The van der Waals surface area contributed by atoms with E-state index in [-0.39, 0.29) is 18.1 Å². The van der Waals surface area contributed by atoms with Crippen LogP contribution in [0.4, 0.5) is 0 Å². The number of rotatable bonds is 6. The van der Waals surface area contributed by atoms with Crippen LogP contribution in [-0.4, -0.2) is 20.0 Å². The van der Waals surface area contributed by atoms with Gasteiger partial charge in [-0.3, -0.25) is 4.79 Å². The average molecular weight is 471 g/mol. The minimum absolute atomic E-state index is 0.192. The monoisotopic (exact) mass is 470 g/mol. The molecule has 0 radical (unpaired) electrons. The lowest BCUT2D eigenvalue weighted by atomic mass is 10.0. The molecule has 3 aromatic rings. The van der Waals surface area contributed by atoms with Crippen molar-refractivity contribution < 1.29 is 23.7 Å². The third-order valence-corrected chi connectivity index (χ3v) is 5.67. The van der Waals surface area contributed by atoms with Crippen molar-refractivity contribution in [2.24, 2.45) is 0 Å². The van der Waals surface area contributed by atoms with Crippen molar-refractivity contribution in [1.29, 1.82) is 0 Å². The molecule has 3 aromatic carbocycles. The molecular formula is C25H20Cl2O5. The number of hydrogen-bond donors (Lipinski definition) is 0. The molecule has 0 amide bonds. The lowest BCUT2D eigenvalue weighted by Crippen LogP contribution is -2.00. The van der Waals surface area contributed by atoms with Crippen LogP contribution in [0.15, 0.2) is 54.3 Å². The molecule has 164 valence electrons. The highest BCUT2D eigenvalue weighted by Gasteiger charge is 2.30. The van der Waals surface area contributed by atoms with Crippen LogP contribution < -0.4 is 18.9 Å². The first-order valence-electron chi connectivity index (χ1n) is 9.77. The van der Waals surface area contributed by atoms with Crippen molar-refractivity contribution in [2.45, 2.75) is 13.5 Å². The van der Waals surface area contributed by atoms with Gasteiger partial charge in [-0.15, -0.1) is 0 Å². The number of carbonyl (C=O) groups is 1. The van der Waals surface area contributed by atoms with Gasteiger partial charge >= 0.3 is 0 Å². The van der Waals surface area contributed by atoms with Crippen LogP contribution in [0.1, 0.15) is 27.0 Å². The maximum atomic E-state index is 13.0. The van der Waals surface area contributed by atoms with E-state index in [1.165, 1.54) is 0 Å². The molecule has 0 spiro atoms. The van der Waals surface area contributed by atoms with Crippen molar-refractivity contribution in [2.75, 3.05) is 14.2 Å². The minimum Gasteiger partial charge on any atom is -0.497 e. The lowest BCUT2D eigenvalue weighted by molar-refractivity contribution is 0.101. The number of benzene rings is 3. The fraction of sp³-hybridized carbons (Fsp3) is 0.160. The Morgan fingerprint density at radius 1 is 0.969 bits per heavy atom. The van der Waals surface area contributed by atoms with E-state index in [2.05, 4.69) is 0 Å². The van der Waals surface area contributed by atoms with Crippen LogP contribution in [0, 0.1) is 6.92 Å². The zero-order valence-electron chi connectivity index (χ0n) is 17.7. The smallest absolute Gasteiger partial charge is 0.232 e. The van der Waals surface area contributed by atoms with E-state index in [1.807, 2.05) is 19.1 Å². The number of allylic oxidation sites excluding steroid dienone is 1. The number of fused-ring (bicyclic) bond motifs is 1. The summed E-state index contributed by atoms with van der Waals surface area (Å²) in [4.78, 5) is 13.0. The number of ketones is 1. The minimum atomic E-state index is -0.192. The van der Waals surface area contributed by atoms with Gasteiger partial charge in [0, 0.05) is 33.3 Å². The van der Waals surface area contributed by atoms with E-state index in [9.17, 15) is 4.79 Å². The maximum absolute atomic E-state index is 13.0. The molecule has 0 saturated heterocycles. The number of methoxy groups -OCH3 is 2. The van der Waals surface area contributed by atoms with Crippen LogP contribution in [-0.2, 0) is 6.61 Å².